The smallest absolute Gasteiger partial charge is 0.238 e. The molecule has 0 saturated heterocycles. The second-order valence-corrected chi connectivity index (χ2v) is 3.26. The zero-order valence-corrected chi connectivity index (χ0v) is 8.61. The molecule has 0 heterocycles. The molecule has 1 aromatic carbocycles. The Balaban J connectivity index is 3.00. The summed E-state index contributed by atoms with van der Waals surface area (Å²) < 4.78 is 18.7. The molecule has 0 N–H and O–H groups in total. The lowest BCUT2D eigenvalue weighted by Crippen LogP contribution is -2.07. The predicted octanol–water partition coefficient (Wildman–Crippen LogP) is 2.78. The first kappa shape index (κ1) is 11.4. The van der Waals surface area contributed by atoms with Gasteiger partial charge in [0.2, 0.25) is 12.4 Å². The van der Waals surface area contributed by atoms with Crippen molar-refractivity contribution < 1.29 is 13.9 Å². The Hall–Kier alpha value is -1.67. The van der Waals surface area contributed by atoms with Crippen molar-refractivity contribution in [3.05, 3.63) is 29.8 Å². The van der Waals surface area contributed by atoms with Crippen molar-refractivity contribution in [2.45, 2.75) is 26.2 Å². The van der Waals surface area contributed by atoms with Gasteiger partial charge in [0, 0.05) is 0 Å². The fraction of sp³-hybridized carbons (Fsp3) is 0.364. The fourth-order valence-corrected chi connectivity index (χ4v) is 1.15. The highest BCUT2D eigenvalue weighted by Crippen LogP contribution is 2.28. The van der Waals surface area contributed by atoms with E-state index in [1.807, 2.05) is 13.8 Å². The van der Waals surface area contributed by atoms with Crippen molar-refractivity contribution in [2.24, 2.45) is 4.99 Å². The standard InChI is InChI=1S/C11H12FNO2/c1-8(2)15-10-6-4-3-5-9(10)11(12)13-7-14/h3-6,8,11H,1-2H3. The number of alkyl halides is 1. The van der Waals surface area contributed by atoms with Crippen LogP contribution in [0.2, 0.25) is 0 Å². The summed E-state index contributed by atoms with van der Waals surface area (Å²) in [6, 6.07) is 6.57. The normalized spacial score (nSPS) is 12.0. The number of halogens is 1. The lowest BCUT2D eigenvalue weighted by atomic mass is 10.2. The van der Waals surface area contributed by atoms with Gasteiger partial charge in [-0.05, 0) is 19.9 Å². The van der Waals surface area contributed by atoms with Crippen LogP contribution >= 0.6 is 0 Å². The SMILES string of the molecule is CC(C)Oc1ccccc1C(F)N=C=O. The maximum Gasteiger partial charge on any atom is 0.238 e. The van der Waals surface area contributed by atoms with E-state index in [2.05, 4.69) is 4.99 Å². The highest BCUT2D eigenvalue weighted by atomic mass is 19.1. The van der Waals surface area contributed by atoms with Gasteiger partial charge in [-0.2, -0.15) is 4.99 Å². The molecule has 0 fully saturated rings. The monoisotopic (exact) mass is 209 g/mol. The molecule has 0 aliphatic heterocycles. The lowest BCUT2D eigenvalue weighted by Gasteiger charge is -2.13. The number of para-hydroxylation sites is 1. The van der Waals surface area contributed by atoms with Gasteiger partial charge in [0.1, 0.15) is 5.75 Å². The van der Waals surface area contributed by atoms with Crippen LogP contribution in [0.1, 0.15) is 25.7 Å². The van der Waals surface area contributed by atoms with Gasteiger partial charge < -0.3 is 4.74 Å². The van der Waals surface area contributed by atoms with Crippen molar-refractivity contribution in [3.8, 4) is 5.75 Å². The van der Waals surface area contributed by atoms with Gasteiger partial charge in [0.15, 0.2) is 0 Å². The van der Waals surface area contributed by atoms with Gasteiger partial charge in [-0.25, -0.2) is 9.18 Å². The minimum Gasteiger partial charge on any atom is -0.491 e. The molecular formula is C11H12FNO2. The van der Waals surface area contributed by atoms with E-state index in [1.165, 1.54) is 12.1 Å². The van der Waals surface area contributed by atoms with Crippen LogP contribution in [0.15, 0.2) is 29.3 Å². The predicted molar refractivity (Wildman–Crippen MR) is 54.2 cm³/mol. The summed E-state index contributed by atoms with van der Waals surface area (Å²) in [4.78, 5) is 13.0. The van der Waals surface area contributed by atoms with E-state index in [0.29, 0.717) is 5.75 Å². The molecule has 1 atom stereocenters. The maximum absolute atomic E-state index is 13.3. The molecule has 0 bridgehead atoms. The van der Waals surface area contributed by atoms with E-state index in [-0.39, 0.29) is 11.7 Å². The number of benzene rings is 1. The minimum atomic E-state index is -1.71. The Labute approximate surface area is 87.6 Å². The van der Waals surface area contributed by atoms with Crippen molar-refractivity contribution >= 4 is 6.08 Å². The van der Waals surface area contributed by atoms with E-state index in [0.717, 1.165) is 0 Å². The van der Waals surface area contributed by atoms with Crippen LogP contribution in [0, 0.1) is 0 Å². The third kappa shape index (κ3) is 3.18. The van der Waals surface area contributed by atoms with Crippen LogP contribution in [-0.4, -0.2) is 12.2 Å². The van der Waals surface area contributed by atoms with E-state index in [9.17, 15) is 9.18 Å². The molecule has 3 nitrogen and oxygen atoms in total. The average molecular weight is 209 g/mol. The van der Waals surface area contributed by atoms with Crippen LogP contribution in [-0.2, 0) is 4.79 Å². The zero-order valence-electron chi connectivity index (χ0n) is 8.61. The molecule has 0 amide bonds. The molecule has 80 valence electrons. The summed E-state index contributed by atoms with van der Waals surface area (Å²) in [7, 11) is 0. The number of isocyanates is 1. The summed E-state index contributed by atoms with van der Waals surface area (Å²) >= 11 is 0. The lowest BCUT2D eigenvalue weighted by molar-refractivity contribution is 0.232. The van der Waals surface area contributed by atoms with Crippen LogP contribution in [0.5, 0.6) is 5.75 Å². The van der Waals surface area contributed by atoms with Crippen LogP contribution in [0.25, 0.3) is 0 Å². The molecule has 0 aromatic heterocycles. The second-order valence-electron chi connectivity index (χ2n) is 3.26. The van der Waals surface area contributed by atoms with E-state index >= 15 is 0 Å². The van der Waals surface area contributed by atoms with Gasteiger partial charge in [-0.1, -0.05) is 18.2 Å². The molecule has 0 aliphatic rings. The topological polar surface area (TPSA) is 38.7 Å². The number of nitrogens with zero attached hydrogens (tertiary/aromatic N) is 1. The van der Waals surface area contributed by atoms with Crippen LogP contribution in [0.4, 0.5) is 4.39 Å². The summed E-state index contributed by atoms with van der Waals surface area (Å²) in [6.45, 7) is 3.68. The van der Waals surface area contributed by atoms with E-state index in [1.54, 1.807) is 18.2 Å². The van der Waals surface area contributed by atoms with Crippen molar-refractivity contribution in [1.29, 1.82) is 0 Å². The quantitative estimate of drug-likeness (QED) is 0.434. The Kier molecular flexibility index (Phi) is 4.01. The minimum absolute atomic E-state index is 0.0569. The molecule has 15 heavy (non-hydrogen) atoms. The van der Waals surface area contributed by atoms with Crippen LogP contribution < -0.4 is 4.74 Å². The number of hydrogen-bond acceptors (Lipinski definition) is 3. The maximum atomic E-state index is 13.3. The summed E-state index contributed by atoms with van der Waals surface area (Å²) in [5, 5.41) is 0. The van der Waals surface area contributed by atoms with E-state index < -0.39 is 6.30 Å². The average Bonchev–Trinajstić information content (AvgIpc) is 2.18. The first-order valence-corrected chi connectivity index (χ1v) is 4.61. The van der Waals surface area contributed by atoms with Gasteiger partial charge in [0.25, 0.3) is 0 Å². The summed E-state index contributed by atoms with van der Waals surface area (Å²) in [5.41, 5.74) is 0.245. The van der Waals surface area contributed by atoms with Gasteiger partial charge >= 0.3 is 0 Å². The van der Waals surface area contributed by atoms with Crippen molar-refractivity contribution in [1.82, 2.24) is 0 Å². The second kappa shape index (κ2) is 5.27. The Morgan fingerprint density at radius 2 is 2.07 bits per heavy atom. The molecule has 1 rings (SSSR count). The number of hydrogen-bond donors (Lipinski definition) is 0. The third-order valence-electron chi connectivity index (χ3n) is 1.70. The zero-order chi connectivity index (χ0) is 11.3. The first-order chi connectivity index (χ1) is 7.15. The Morgan fingerprint density at radius 1 is 1.40 bits per heavy atom. The molecule has 0 saturated carbocycles. The molecule has 0 aliphatic carbocycles. The number of ether oxygens (including phenoxy) is 1. The Morgan fingerprint density at radius 3 is 2.67 bits per heavy atom. The van der Waals surface area contributed by atoms with Crippen molar-refractivity contribution in [2.75, 3.05) is 0 Å². The summed E-state index contributed by atoms with van der Waals surface area (Å²) in [5.74, 6) is 0.402. The molecule has 0 radical (unpaired) electrons. The third-order valence-corrected chi connectivity index (χ3v) is 1.70. The Bertz CT molecular complexity index is 373. The highest BCUT2D eigenvalue weighted by Gasteiger charge is 2.14. The number of rotatable bonds is 4. The molecular weight excluding hydrogens is 197 g/mol. The van der Waals surface area contributed by atoms with E-state index in [4.69, 9.17) is 4.74 Å². The molecule has 1 aromatic rings. The highest BCUT2D eigenvalue weighted by molar-refractivity contribution is 5.39. The first-order valence-electron chi connectivity index (χ1n) is 4.61. The molecule has 0 spiro atoms. The summed E-state index contributed by atoms with van der Waals surface area (Å²) in [6.07, 6.45) is -0.577. The number of aliphatic imine (C=N–C) groups is 1. The van der Waals surface area contributed by atoms with Crippen molar-refractivity contribution in [3.63, 3.8) is 0 Å². The van der Waals surface area contributed by atoms with Gasteiger partial charge in [0.05, 0.1) is 11.7 Å². The van der Waals surface area contributed by atoms with Crippen LogP contribution in [0.3, 0.4) is 0 Å². The van der Waals surface area contributed by atoms with Gasteiger partial charge in [-0.15, -0.1) is 0 Å². The number of carbonyl (C=O) groups excluding carboxylic acids is 1. The fourth-order valence-electron chi connectivity index (χ4n) is 1.15. The van der Waals surface area contributed by atoms with Gasteiger partial charge in [-0.3, -0.25) is 0 Å². The largest absolute Gasteiger partial charge is 0.491 e. The molecule has 1 unspecified atom stereocenters. The molecule has 4 heteroatoms.